The van der Waals surface area contributed by atoms with Crippen molar-refractivity contribution in [3.8, 4) is 0 Å². The van der Waals surface area contributed by atoms with Crippen molar-refractivity contribution in [1.82, 2.24) is 0 Å². The molecule has 0 radical (unpaired) electrons. The summed E-state index contributed by atoms with van der Waals surface area (Å²) in [5.74, 6) is -0.100. The molecule has 0 spiro atoms. The van der Waals surface area contributed by atoms with Crippen LogP contribution in [0.25, 0.3) is 0 Å². The van der Waals surface area contributed by atoms with Gasteiger partial charge in [-0.2, -0.15) is 0 Å². The highest BCUT2D eigenvalue weighted by atomic mass is 35.5. The van der Waals surface area contributed by atoms with Gasteiger partial charge in [-0.05, 0) is 36.2 Å². The Morgan fingerprint density at radius 3 is 2.58 bits per heavy atom. The van der Waals surface area contributed by atoms with Gasteiger partial charge in [0.2, 0.25) is 11.8 Å². The molecule has 0 aliphatic carbocycles. The fourth-order valence-corrected chi connectivity index (χ4v) is 3.21. The van der Waals surface area contributed by atoms with Gasteiger partial charge in [0.25, 0.3) is 0 Å². The van der Waals surface area contributed by atoms with Crippen LogP contribution in [0, 0.1) is 0 Å². The number of carbonyl (C=O) groups excluding carboxylic acids is 2. The van der Waals surface area contributed by atoms with Crippen molar-refractivity contribution in [3.63, 3.8) is 0 Å². The van der Waals surface area contributed by atoms with E-state index in [9.17, 15) is 9.59 Å². The summed E-state index contributed by atoms with van der Waals surface area (Å²) in [6.07, 6.45) is 1.57. The van der Waals surface area contributed by atoms with Gasteiger partial charge in [-0.3, -0.25) is 9.59 Å². The maximum absolute atomic E-state index is 12.2. The number of anilines is 2. The van der Waals surface area contributed by atoms with Crippen LogP contribution >= 0.6 is 23.2 Å². The summed E-state index contributed by atoms with van der Waals surface area (Å²) < 4.78 is 0. The van der Waals surface area contributed by atoms with Crippen molar-refractivity contribution in [2.24, 2.45) is 0 Å². The Hall–Kier alpha value is -2.04. The molecule has 1 saturated heterocycles. The van der Waals surface area contributed by atoms with E-state index >= 15 is 0 Å². The lowest BCUT2D eigenvalue weighted by atomic mass is 10.1. The molecular weight excluding hydrogens is 347 g/mol. The smallest absolute Gasteiger partial charge is 0.228 e. The molecule has 0 atom stereocenters. The van der Waals surface area contributed by atoms with Crippen molar-refractivity contribution in [2.75, 3.05) is 16.8 Å². The molecule has 4 nitrogen and oxygen atoms in total. The van der Waals surface area contributed by atoms with Gasteiger partial charge in [-0.1, -0.05) is 41.4 Å². The number of hydrogen-bond donors (Lipinski definition) is 1. The van der Waals surface area contributed by atoms with Crippen molar-refractivity contribution < 1.29 is 9.59 Å². The second-order valence-electron chi connectivity index (χ2n) is 5.63. The van der Waals surface area contributed by atoms with Crippen LogP contribution in [-0.4, -0.2) is 18.4 Å². The number of nitrogens with one attached hydrogen (secondary N) is 1. The van der Waals surface area contributed by atoms with E-state index in [2.05, 4.69) is 5.32 Å². The average molecular weight is 363 g/mol. The van der Waals surface area contributed by atoms with Crippen molar-refractivity contribution in [2.45, 2.75) is 19.3 Å². The second kappa shape index (κ2) is 7.24. The van der Waals surface area contributed by atoms with Gasteiger partial charge in [0.05, 0.1) is 17.1 Å². The van der Waals surface area contributed by atoms with E-state index in [0.29, 0.717) is 34.4 Å². The summed E-state index contributed by atoms with van der Waals surface area (Å²) in [6.45, 7) is 0.677. The molecule has 124 valence electrons. The third-order valence-electron chi connectivity index (χ3n) is 3.90. The number of hydrogen-bond acceptors (Lipinski definition) is 2. The Labute approximate surface area is 150 Å². The Morgan fingerprint density at radius 1 is 1.12 bits per heavy atom. The standard InChI is InChI=1S/C18H16Cl2N2O2/c19-14-5-2-1-4-12(14)10-17(23)21-13-7-8-16(15(20)11-13)22-9-3-6-18(22)24/h1-2,4-5,7-8,11H,3,6,9-10H2,(H,21,23). The Balaban J connectivity index is 1.69. The van der Waals surface area contributed by atoms with E-state index in [1.807, 2.05) is 18.2 Å². The van der Waals surface area contributed by atoms with Crippen LogP contribution in [-0.2, 0) is 16.0 Å². The molecule has 0 saturated carbocycles. The fraction of sp³-hybridized carbons (Fsp3) is 0.222. The summed E-state index contributed by atoms with van der Waals surface area (Å²) in [5, 5.41) is 3.81. The summed E-state index contributed by atoms with van der Waals surface area (Å²) in [5.41, 5.74) is 2.04. The molecule has 2 aromatic carbocycles. The van der Waals surface area contributed by atoms with E-state index in [1.54, 1.807) is 29.2 Å². The molecule has 0 unspecified atom stereocenters. The molecule has 2 amide bonds. The van der Waals surface area contributed by atoms with Crippen LogP contribution in [0.3, 0.4) is 0 Å². The molecule has 0 bridgehead atoms. The van der Waals surface area contributed by atoms with Crippen molar-refractivity contribution >= 4 is 46.4 Å². The predicted molar refractivity (Wildman–Crippen MR) is 96.8 cm³/mol. The monoisotopic (exact) mass is 362 g/mol. The van der Waals surface area contributed by atoms with Crippen LogP contribution in [0.1, 0.15) is 18.4 Å². The highest BCUT2D eigenvalue weighted by Gasteiger charge is 2.23. The number of carbonyl (C=O) groups is 2. The van der Waals surface area contributed by atoms with E-state index in [0.717, 1.165) is 12.0 Å². The summed E-state index contributed by atoms with van der Waals surface area (Å²) in [7, 11) is 0. The van der Waals surface area contributed by atoms with Crippen molar-refractivity contribution in [3.05, 3.63) is 58.1 Å². The zero-order valence-corrected chi connectivity index (χ0v) is 14.4. The third-order valence-corrected chi connectivity index (χ3v) is 4.58. The van der Waals surface area contributed by atoms with Crippen LogP contribution in [0.5, 0.6) is 0 Å². The molecule has 0 aromatic heterocycles. The maximum Gasteiger partial charge on any atom is 0.228 e. The zero-order chi connectivity index (χ0) is 17.1. The minimum absolute atomic E-state index is 0.0763. The van der Waals surface area contributed by atoms with Gasteiger partial charge in [0.1, 0.15) is 0 Å². The predicted octanol–water partition coefficient (Wildman–Crippen LogP) is 4.30. The van der Waals surface area contributed by atoms with E-state index in [4.69, 9.17) is 23.2 Å². The third kappa shape index (κ3) is 3.71. The summed E-state index contributed by atoms with van der Waals surface area (Å²) in [6, 6.07) is 12.4. The normalized spacial score (nSPS) is 14.1. The lowest BCUT2D eigenvalue weighted by molar-refractivity contribution is -0.117. The topological polar surface area (TPSA) is 49.4 Å². The first-order chi connectivity index (χ1) is 11.5. The van der Waals surface area contributed by atoms with Crippen LogP contribution in [0.2, 0.25) is 10.0 Å². The zero-order valence-electron chi connectivity index (χ0n) is 12.9. The van der Waals surface area contributed by atoms with Gasteiger partial charge in [0, 0.05) is 23.7 Å². The SMILES string of the molecule is O=C(Cc1ccccc1Cl)Nc1ccc(N2CCCC2=O)c(Cl)c1. The number of halogens is 2. The van der Waals surface area contributed by atoms with Gasteiger partial charge in [-0.15, -0.1) is 0 Å². The molecule has 3 rings (SSSR count). The molecule has 6 heteroatoms. The number of nitrogens with zero attached hydrogens (tertiary/aromatic N) is 1. The molecule has 24 heavy (non-hydrogen) atoms. The Morgan fingerprint density at radius 2 is 1.92 bits per heavy atom. The maximum atomic E-state index is 12.2. The first kappa shape index (κ1) is 16.8. The minimum atomic E-state index is -0.177. The fourth-order valence-electron chi connectivity index (χ4n) is 2.73. The van der Waals surface area contributed by atoms with Gasteiger partial charge in [-0.25, -0.2) is 0 Å². The highest BCUT2D eigenvalue weighted by Crippen LogP contribution is 2.31. The molecular formula is C18H16Cl2N2O2. The molecule has 1 heterocycles. The largest absolute Gasteiger partial charge is 0.326 e. The molecule has 1 aliphatic heterocycles. The molecule has 1 aliphatic rings. The minimum Gasteiger partial charge on any atom is -0.326 e. The van der Waals surface area contributed by atoms with Crippen molar-refractivity contribution in [1.29, 1.82) is 0 Å². The number of amides is 2. The van der Waals surface area contributed by atoms with Gasteiger partial charge >= 0.3 is 0 Å². The lowest BCUT2D eigenvalue weighted by Crippen LogP contribution is -2.24. The van der Waals surface area contributed by atoms with E-state index in [-0.39, 0.29) is 18.2 Å². The molecule has 1 N–H and O–H groups in total. The van der Waals surface area contributed by atoms with Crippen LogP contribution in [0.4, 0.5) is 11.4 Å². The first-order valence-electron chi connectivity index (χ1n) is 7.68. The van der Waals surface area contributed by atoms with Crippen LogP contribution in [0.15, 0.2) is 42.5 Å². The van der Waals surface area contributed by atoms with E-state index < -0.39 is 0 Å². The van der Waals surface area contributed by atoms with Gasteiger partial charge < -0.3 is 10.2 Å². The Bertz CT molecular complexity index is 792. The van der Waals surface area contributed by atoms with Crippen LogP contribution < -0.4 is 10.2 Å². The summed E-state index contributed by atoms with van der Waals surface area (Å²) >= 11 is 12.3. The second-order valence-corrected chi connectivity index (χ2v) is 6.45. The highest BCUT2D eigenvalue weighted by molar-refractivity contribution is 6.34. The average Bonchev–Trinajstić information content (AvgIpc) is 2.96. The quantitative estimate of drug-likeness (QED) is 0.881. The number of benzene rings is 2. The Kier molecular flexibility index (Phi) is 5.07. The van der Waals surface area contributed by atoms with Gasteiger partial charge in [0.15, 0.2) is 0 Å². The molecule has 1 fully saturated rings. The lowest BCUT2D eigenvalue weighted by Gasteiger charge is -2.18. The first-order valence-corrected chi connectivity index (χ1v) is 8.43. The molecule has 2 aromatic rings. The van der Waals surface area contributed by atoms with E-state index in [1.165, 1.54) is 0 Å². The summed E-state index contributed by atoms with van der Waals surface area (Å²) in [4.78, 5) is 25.6. The number of rotatable bonds is 4.